The molecule has 1 aliphatic heterocycles. The van der Waals surface area contributed by atoms with Crippen LogP contribution in [0.3, 0.4) is 0 Å². The van der Waals surface area contributed by atoms with Gasteiger partial charge in [-0.15, -0.1) is 0 Å². The van der Waals surface area contributed by atoms with Crippen LogP contribution in [-0.4, -0.2) is 29.1 Å². The summed E-state index contributed by atoms with van der Waals surface area (Å²) in [6.07, 6.45) is 0. The third kappa shape index (κ3) is 2.61. The Bertz CT molecular complexity index is 1080. The van der Waals surface area contributed by atoms with E-state index in [0.717, 1.165) is 10.9 Å². The van der Waals surface area contributed by atoms with Gasteiger partial charge in [0.15, 0.2) is 11.5 Å². The minimum Gasteiger partial charge on any atom is -0.507 e. The molecule has 134 valence electrons. The highest BCUT2D eigenvalue weighted by Crippen LogP contribution is 2.33. The van der Waals surface area contributed by atoms with Crippen LogP contribution in [0.5, 0.6) is 5.75 Å². The van der Waals surface area contributed by atoms with Crippen LogP contribution in [0, 0.1) is 13.8 Å². The molecule has 4 rings (SSSR count). The van der Waals surface area contributed by atoms with Gasteiger partial charge >= 0.3 is 11.7 Å². The topological polar surface area (TPSA) is 95.9 Å². The van der Waals surface area contributed by atoms with Gasteiger partial charge in [-0.05, 0) is 37.6 Å². The quantitative estimate of drug-likeness (QED) is 0.754. The van der Waals surface area contributed by atoms with Crippen molar-refractivity contribution in [3.63, 3.8) is 0 Å². The SMILES string of the molecule is Cc1c(-c2cc3cc(CN4CCNC4=O)ccc3o2)oc(=O)c(C)c1O. The van der Waals surface area contributed by atoms with Crippen molar-refractivity contribution >= 4 is 17.0 Å². The van der Waals surface area contributed by atoms with Crippen LogP contribution in [0.1, 0.15) is 16.7 Å². The number of nitrogens with one attached hydrogen (secondary N) is 1. The van der Waals surface area contributed by atoms with Crippen molar-refractivity contribution in [1.82, 2.24) is 10.2 Å². The minimum atomic E-state index is -0.593. The van der Waals surface area contributed by atoms with Crippen LogP contribution in [0.4, 0.5) is 4.79 Å². The van der Waals surface area contributed by atoms with Gasteiger partial charge in [0, 0.05) is 30.6 Å². The fourth-order valence-corrected chi connectivity index (χ4v) is 3.15. The molecule has 3 heterocycles. The average molecular weight is 354 g/mol. The lowest BCUT2D eigenvalue weighted by atomic mass is 10.1. The molecule has 0 bridgehead atoms. The first kappa shape index (κ1) is 16.3. The Balaban J connectivity index is 1.72. The average Bonchev–Trinajstić information content (AvgIpc) is 3.22. The molecule has 3 aromatic rings. The molecule has 2 amide bonds. The van der Waals surface area contributed by atoms with Crippen molar-refractivity contribution in [3.05, 3.63) is 51.4 Å². The summed E-state index contributed by atoms with van der Waals surface area (Å²) in [4.78, 5) is 25.3. The molecule has 2 N–H and O–H groups in total. The molecule has 0 aliphatic carbocycles. The number of urea groups is 1. The van der Waals surface area contributed by atoms with Gasteiger partial charge in [-0.1, -0.05) is 6.07 Å². The number of carbonyl (C=O) groups is 1. The van der Waals surface area contributed by atoms with Gasteiger partial charge in [0.05, 0.1) is 5.56 Å². The zero-order valence-electron chi connectivity index (χ0n) is 14.5. The molecular formula is C19H18N2O5. The van der Waals surface area contributed by atoms with E-state index in [4.69, 9.17) is 8.83 Å². The molecule has 0 spiro atoms. The summed E-state index contributed by atoms with van der Waals surface area (Å²) < 4.78 is 11.1. The molecule has 0 unspecified atom stereocenters. The molecule has 1 aromatic carbocycles. The third-order valence-electron chi connectivity index (χ3n) is 4.68. The fourth-order valence-electron chi connectivity index (χ4n) is 3.15. The molecule has 1 saturated heterocycles. The second-order valence-electron chi connectivity index (χ2n) is 6.45. The number of hydrogen-bond donors (Lipinski definition) is 2. The first-order chi connectivity index (χ1) is 12.4. The highest BCUT2D eigenvalue weighted by atomic mass is 16.4. The normalized spacial score (nSPS) is 14.2. The van der Waals surface area contributed by atoms with Gasteiger partial charge in [-0.2, -0.15) is 0 Å². The Morgan fingerprint density at radius 2 is 1.96 bits per heavy atom. The highest BCUT2D eigenvalue weighted by Gasteiger charge is 2.21. The first-order valence-corrected chi connectivity index (χ1v) is 8.33. The predicted molar refractivity (Wildman–Crippen MR) is 95.1 cm³/mol. The monoisotopic (exact) mass is 354 g/mol. The molecule has 1 aliphatic rings. The lowest BCUT2D eigenvalue weighted by molar-refractivity contribution is 0.215. The second kappa shape index (κ2) is 5.94. The Morgan fingerprint density at radius 1 is 1.15 bits per heavy atom. The molecule has 0 radical (unpaired) electrons. The van der Waals surface area contributed by atoms with Crippen LogP contribution in [-0.2, 0) is 6.54 Å². The van der Waals surface area contributed by atoms with Crippen molar-refractivity contribution in [2.24, 2.45) is 0 Å². The molecular weight excluding hydrogens is 336 g/mol. The lowest BCUT2D eigenvalue weighted by Crippen LogP contribution is -2.27. The summed E-state index contributed by atoms with van der Waals surface area (Å²) in [5.41, 5.74) is 1.65. The Kier molecular flexibility index (Phi) is 3.72. The summed E-state index contributed by atoms with van der Waals surface area (Å²) in [5, 5.41) is 13.7. The van der Waals surface area contributed by atoms with E-state index in [0.29, 0.717) is 36.5 Å². The van der Waals surface area contributed by atoms with E-state index in [1.54, 1.807) is 17.9 Å². The van der Waals surface area contributed by atoms with Gasteiger partial charge in [-0.25, -0.2) is 9.59 Å². The summed E-state index contributed by atoms with van der Waals surface area (Å²) in [6, 6.07) is 7.37. The summed E-state index contributed by atoms with van der Waals surface area (Å²) in [5.74, 6) is 0.508. The van der Waals surface area contributed by atoms with Crippen LogP contribution < -0.4 is 10.9 Å². The predicted octanol–water partition coefficient (Wildman–Crippen LogP) is 2.90. The first-order valence-electron chi connectivity index (χ1n) is 8.33. The number of nitrogens with zero attached hydrogens (tertiary/aromatic N) is 1. The van der Waals surface area contributed by atoms with E-state index in [1.165, 1.54) is 6.92 Å². The summed E-state index contributed by atoms with van der Waals surface area (Å²) >= 11 is 0. The number of aromatic hydroxyl groups is 1. The zero-order valence-corrected chi connectivity index (χ0v) is 14.5. The summed E-state index contributed by atoms with van der Waals surface area (Å²) in [7, 11) is 0. The third-order valence-corrected chi connectivity index (χ3v) is 4.68. The van der Waals surface area contributed by atoms with Gasteiger partial charge in [0.2, 0.25) is 0 Å². The lowest BCUT2D eigenvalue weighted by Gasteiger charge is -2.13. The maximum atomic E-state index is 11.9. The maximum absolute atomic E-state index is 11.9. The van der Waals surface area contributed by atoms with Gasteiger partial charge in [0.1, 0.15) is 11.3 Å². The number of amides is 2. The fraction of sp³-hybridized carbons (Fsp3) is 0.263. The maximum Gasteiger partial charge on any atom is 0.343 e. The van der Waals surface area contributed by atoms with E-state index in [2.05, 4.69) is 5.32 Å². The van der Waals surface area contributed by atoms with Gasteiger partial charge < -0.3 is 24.2 Å². The molecule has 2 aromatic heterocycles. The number of benzene rings is 1. The number of furan rings is 1. The van der Waals surface area contributed by atoms with Crippen LogP contribution in [0.15, 0.2) is 37.9 Å². The van der Waals surface area contributed by atoms with E-state index in [9.17, 15) is 14.7 Å². The van der Waals surface area contributed by atoms with Crippen LogP contribution >= 0.6 is 0 Å². The summed E-state index contributed by atoms with van der Waals surface area (Å²) in [6.45, 7) is 5.04. The molecule has 1 fully saturated rings. The number of rotatable bonds is 3. The molecule has 7 heteroatoms. The number of carbonyl (C=O) groups excluding carboxylic acids is 1. The molecule has 0 atom stereocenters. The van der Waals surface area contributed by atoms with E-state index < -0.39 is 5.63 Å². The van der Waals surface area contributed by atoms with Crippen molar-refractivity contribution in [3.8, 4) is 17.3 Å². The zero-order chi connectivity index (χ0) is 18.4. The van der Waals surface area contributed by atoms with Crippen molar-refractivity contribution in [2.75, 3.05) is 13.1 Å². The molecule has 26 heavy (non-hydrogen) atoms. The van der Waals surface area contributed by atoms with E-state index in [1.807, 2.05) is 18.2 Å². The minimum absolute atomic E-state index is 0.0643. The number of hydrogen-bond acceptors (Lipinski definition) is 5. The van der Waals surface area contributed by atoms with Crippen molar-refractivity contribution in [1.29, 1.82) is 0 Å². The van der Waals surface area contributed by atoms with E-state index in [-0.39, 0.29) is 23.1 Å². The van der Waals surface area contributed by atoms with E-state index >= 15 is 0 Å². The van der Waals surface area contributed by atoms with Gasteiger partial charge in [-0.3, -0.25) is 0 Å². The van der Waals surface area contributed by atoms with Crippen molar-refractivity contribution in [2.45, 2.75) is 20.4 Å². The van der Waals surface area contributed by atoms with Crippen LogP contribution in [0.2, 0.25) is 0 Å². The van der Waals surface area contributed by atoms with Crippen LogP contribution in [0.25, 0.3) is 22.5 Å². The Morgan fingerprint density at radius 3 is 2.69 bits per heavy atom. The largest absolute Gasteiger partial charge is 0.507 e. The van der Waals surface area contributed by atoms with Crippen molar-refractivity contribution < 1.29 is 18.7 Å². The molecule has 7 nitrogen and oxygen atoms in total. The smallest absolute Gasteiger partial charge is 0.343 e. The van der Waals surface area contributed by atoms with Gasteiger partial charge in [0.25, 0.3) is 0 Å². The highest BCUT2D eigenvalue weighted by molar-refractivity contribution is 5.83. The second-order valence-corrected chi connectivity index (χ2v) is 6.45. The number of fused-ring (bicyclic) bond motifs is 1. The Hall–Kier alpha value is -3.22. The molecule has 0 saturated carbocycles. The Labute approximate surface area is 148 Å². The standard InChI is InChI=1S/C19H18N2O5/c1-10-16(22)11(2)18(23)26-17(10)15-8-13-7-12(3-4-14(13)25-15)9-21-6-5-20-19(21)24/h3-4,7-8,22H,5-6,9H2,1-2H3,(H,20,24).